The highest BCUT2D eigenvalue weighted by Gasteiger charge is 2.28. The minimum absolute atomic E-state index is 0.491. The Hall–Kier alpha value is -0.160. The molecular weight excluding hydrogens is 206 g/mol. The summed E-state index contributed by atoms with van der Waals surface area (Å²) in [6.07, 6.45) is 3.77. The van der Waals surface area contributed by atoms with Crippen LogP contribution in [0.4, 0.5) is 0 Å². The highest BCUT2D eigenvalue weighted by molar-refractivity contribution is 4.85. The molecule has 96 valence electrons. The number of ether oxygens (including phenoxy) is 3. The minimum Gasteiger partial charge on any atom is -0.385 e. The highest BCUT2D eigenvalue weighted by Crippen LogP contribution is 2.22. The number of rotatable bonds is 10. The molecule has 1 aliphatic rings. The molecule has 0 heterocycles. The molecule has 0 atom stereocenters. The molecule has 0 amide bonds. The molecule has 0 aromatic heterocycles. The van der Waals surface area contributed by atoms with Crippen LogP contribution >= 0.6 is 0 Å². The minimum atomic E-state index is 0.491. The summed E-state index contributed by atoms with van der Waals surface area (Å²) >= 11 is 0. The van der Waals surface area contributed by atoms with Gasteiger partial charge in [0.25, 0.3) is 0 Å². The van der Waals surface area contributed by atoms with Crippen molar-refractivity contribution in [1.82, 2.24) is 5.32 Å². The van der Waals surface area contributed by atoms with Gasteiger partial charge in [-0.2, -0.15) is 0 Å². The largest absolute Gasteiger partial charge is 0.385 e. The monoisotopic (exact) mass is 231 g/mol. The van der Waals surface area contributed by atoms with Crippen molar-refractivity contribution in [2.45, 2.75) is 38.3 Å². The maximum Gasteiger partial charge on any atom is 0.0604 e. The second-order valence-corrected chi connectivity index (χ2v) is 4.16. The molecule has 0 saturated heterocycles. The van der Waals surface area contributed by atoms with E-state index < -0.39 is 0 Å². The van der Waals surface area contributed by atoms with Crippen molar-refractivity contribution in [3.8, 4) is 0 Å². The van der Waals surface area contributed by atoms with Gasteiger partial charge < -0.3 is 19.5 Å². The summed E-state index contributed by atoms with van der Waals surface area (Å²) in [4.78, 5) is 0. The summed E-state index contributed by atoms with van der Waals surface area (Å²) in [5.74, 6) is 0. The molecule has 0 bridgehead atoms. The standard InChI is InChI=1S/C12H25NO3/c1-3-16-12-9-11(10-12)13-5-8-15-7-4-6-14-2/h11-13H,3-10H2,1-2H3. The predicted molar refractivity (Wildman–Crippen MR) is 63.8 cm³/mol. The summed E-state index contributed by atoms with van der Waals surface area (Å²) < 4.78 is 15.9. The van der Waals surface area contributed by atoms with E-state index in [0.29, 0.717) is 12.1 Å². The smallest absolute Gasteiger partial charge is 0.0604 e. The predicted octanol–water partition coefficient (Wildman–Crippen LogP) is 1.20. The van der Waals surface area contributed by atoms with E-state index in [1.807, 2.05) is 0 Å². The Morgan fingerprint density at radius 2 is 2.00 bits per heavy atom. The molecule has 0 aromatic carbocycles. The average molecular weight is 231 g/mol. The van der Waals surface area contributed by atoms with Crippen LogP contribution in [0.2, 0.25) is 0 Å². The molecule has 1 saturated carbocycles. The van der Waals surface area contributed by atoms with Gasteiger partial charge in [-0.25, -0.2) is 0 Å². The van der Waals surface area contributed by atoms with Crippen LogP contribution in [-0.4, -0.2) is 52.2 Å². The zero-order chi connectivity index (χ0) is 11.6. The van der Waals surface area contributed by atoms with Gasteiger partial charge in [-0.15, -0.1) is 0 Å². The fraction of sp³-hybridized carbons (Fsp3) is 1.00. The summed E-state index contributed by atoms with van der Waals surface area (Å²) in [7, 11) is 1.72. The SMILES string of the molecule is CCOC1CC(NCCOCCCOC)C1. The zero-order valence-electron chi connectivity index (χ0n) is 10.5. The molecule has 1 aliphatic carbocycles. The lowest BCUT2D eigenvalue weighted by molar-refractivity contribution is -0.0116. The third kappa shape index (κ3) is 5.80. The van der Waals surface area contributed by atoms with Crippen molar-refractivity contribution in [1.29, 1.82) is 0 Å². The molecule has 0 aliphatic heterocycles. The number of nitrogens with one attached hydrogen (secondary N) is 1. The van der Waals surface area contributed by atoms with Crippen LogP contribution in [0.1, 0.15) is 26.2 Å². The number of hydrogen-bond donors (Lipinski definition) is 1. The first-order valence-electron chi connectivity index (χ1n) is 6.28. The second kappa shape index (κ2) is 8.93. The van der Waals surface area contributed by atoms with Crippen molar-refractivity contribution >= 4 is 0 Å². The van der Waals surface area contributed by atoms with Gasteiger partial charge >= 0.3 is 0 Å². The fourth-order valence-corrected chi connectivity index (χ4v) is 1.85. The van der Waals surface area contributed by atoms with E-state index in [4.69, 9.17) is 14.2 Å². The van der Waals surface area contributed by atoms with Crippen LogP contribution in [0.3, 0.4) is 0 Å². The lowest BCUT2D eigenvalue weighted by Gasteiger charge is -2.35. The van der Waals surface area contributed by atoms with Gasteiger partial charge in [0.05, 0.1) is 12.7 Å². The lowest BCUT2D eigenvalue weighted by Crippen LogP contribution is -2.46. The molecule has 0 radical (unpaired) electrons. The molecule has 0 aromatic rings. The molecular formula is C12H25NO3. The molecule has 4 heteroatoms. The van der Waals surface area contributed by atoms with E-state index in [1.54, 1.807) is 7.11 Å². The summed E-state index contributed by atoms with van der Waals surface area (Å²) in [6, 6.07) is 0.638. The van der Waals surface area contributed by atoms with Gasteiger partial charge in [0, 0.05) is 39.5 Å². The first-order chi connectivity index (χ1) is 7.86. The molecule has 1 N–H and O–H groups in total. The second-order valence-electron chi connectivity index (χ2n) is 4.16. The van der Waals surface area contributed by atoms with Crippen LogP contribution < -0.4 is 5.32 Å². The summed E-state index contributed by atoms with van der Waals surface area (Å²) in [5, 5.41) is 3.46. The summed E-state index contributed by atoms with van der Waals surface area (Å²) in [5.41, 5.74) is 0. The van der Waals surface area contributed by atoms with Gasteiger partial charge in [0.15, 0.2) is 0 Å². The van der Waals surface area contributed by atoms with Crippen LogP contribution in [0.15, 0.2) is 0 Å². The molecule has 0 spiro atoms. The third-order valence-corrected chi connectivity index (χ3v) is 2.81. The van der Waals surface area contributed by atoms with Crippen molar-refractivity contribution < 1.29 is 14.2 Å². The van der Waals surface area contributed by atoms with E-state index in [9.17, 15) is 0 Å². The van der Waals surface area contributed by atoms with E-state index in [1.165, 1.54) is 0 Å². The average Bonchev–Trinajstić information content (AvgIpc) is 2.24. The Labute approximate surface area is 98.6 Å². The molecule has 0 unspecified atom stereocenters. The highest BCUT2D eigenvalue weighted by atomic mass is 16.5. The van der Waals surface area contributed by atoms with E-state index >= 15 is 0 Å². The van der Waals surface area contributed by atoms with Crippen molar-refractivity contribution in [2.75, 3.05) is 40.1 Å². The quantitative estimate of drug-likeness (QED) is 0.573. The Morgan fingerprint density at radius 1 is 1.19 bits per heavy atom. The van der Waals surface area contributed by atoms with E-state index in [0.717, 1.165) is 52.2 Å². The van der Waals surface area contributed by atoms with E-state index in [-0.39, 0.29) is 0 Å². The summed E-state index contributed by atoms with van der Waals surface area (Å²) in [6.45, 7) is 6.19. The number of hydrogen-bond acceptors (Lipinski definition) is 4. The third-order valence-electron chi connectivity index (χ3n) is 2.81. The zero-order valence-corrected chi connectivity index (χ0v) is 10.5. The normalized spacial score (nSPS) is 24.4. The maximum absolute atomic E-state index is 5.49. The van der Waals surface area contributed by atoms with Crippen LogP contribution in [-0.2, 0) is 14.2 Å². The first kappa shape index (κ1) is 13.9. The Bertz CT molecular complexity index is 160. The molecule has 16 heavy (non-hydrogen) atoms. The fourth-order valence-electron chi connectivity index (χ4n) is 1.85. The van der Waals surface area contributed by atoms with Crippen molar-refractivity contribution in [3.05, 3.63) is 0 Å². The van der Waals surface area contributed by atoms with Crippen molar-refractivity contribution in [2.24, 2.45) is 0 Å². The lowest BCUT2D eigenvalue weighted by atomic mass is 9.89. The topological polar surface area (TPSA) is 39.7 Å². The molecule has 1 fully saturated rings. The van der Waals surface area contributed by atoms with Crippen molar-refractivity contribution in [3.63, 3.8) is 0 Å². The van der Waals surface area contributed by atoms with Crippen LogP contribution in [0.25, 0.3) is 0 Å². The Kier molecular flexibility index (Phi) is 7.76. The Morgan fingerprint density at radius 3 is 2.69 bits per heavy atom. The van der Waals surface area contributed by atoms with E-state index in [2.05, 4.69) is 12.2 Å². The molecule has 1 rings (SSSR count). The van der Waals surface area contributed by atoms with Gasteiger partial charge in [-0.3, -0.25) is 0 Å². The Balaban J connectivity index is 1.76. The van der Waals surface area contributed by atoms with Gasteiger partial charge in [0.2, 0.25) is 0 Å². The van der Waals surface area contributed by atoms with Gasteiger partial charge in [-0.05, 0) is 26.2 Å². The number of methoxy groups -OCH3 is 1. The van der Waals surface area contributed by atoms with Gasteiger partial charge in [-0.1, -0.05) is 0 Å². The van der Waals surface area contributed by atoms with Crippen LogP contribution in [0.5, 0.6) is 0 Å². The maximum atomic E-state index is 5.49. The van der Waals surface area contributed by atoms with Gasteiger partial charge in [0.1, 0.15) is 0 Å². The molecule has 4 nitrogen and oxygen atoms in total. The first-order valence-corrected chi connectivity index (χ1v) is 6.28. The van der Waals surface area contributed by atoms with Crippen LogP contribution in [0, 0.1) is 0 Å².